The van der Waals surface area contributed by atoms with E-state index in [0.717, 1.165) is 30.7 Å². The second-order valence-corrected chi connectivity index (χ2v) is 4.69. The minimum Gasteiger partial charge on any atom is -0.385 e. The first-order chi connectivity index (χ1) is 8.04. The molecule has 0 aliphatic carbocycles. The Morgan fingerprint density at radius 1 is 1.24 bits per heavy atom. The van der Waals surface area contributed by atoms with Crippen molar-refractivity contribution in [2.24, 2.45) is 0 Å². The number of thioether (sulfide) groups is 1. The molecular formula is C12H16F3NS. The topological polar surface area (TPSA) is 12.0 Å². The van der Waals surface area contributed by atoms with E-state index < -0.39 is 11.7 Å². The molecule has 0 saturated carbocycles. The average Bonchev–Trinajstić information content (AvgIpc) is 2.28. The lowest BCUT2D eigenvalue weighted by atomic mass is 10.2. The van der Waals surface area contributed by atoms with E-state index >= 15 is 0 Å². The Bertz CT molecular complexity index is 339. The van der Waals surface area contributed by atoms with Crippen molar-refractivity contribution in [1.82, 2.24) is 0 Å². The average molecular weight is 263 g/mol. The van der Waals surface area contributed by atoms with Crippen molar-refractivity contribution in [3.8, 4) is 0 Å². The van der Waals surface area contributed by atoms with Gasteiger partial charge in [0.1, 0.15) is 0 Å². The molecule has 0 aliphatic heterocycles. The van der Waals surface area contributed by atoms with Crippen molar-refractivity contribution < 1.29 is 13.2 Å². The maximum absolute atomic E-state index is 12.4. The van der Waals surface area contributed by atoms with Gasteiger partial charge < -0.3 is 5.32 Å². The van der Waals surface area contributed by atoms with Gasteiger partial charge in [0.15, 0.2) is 0 Å². The molecule has 0 aromatic heterocycles. The molecular weight excluding hydrogens is 247 g/mol. The van der Waals surface area contributed by atoms with Crippen LogP contribution in [0.25, 0.3) is 0 Å². The molecule has 0 saturated heterocycles. The molecule has 0 amide bonds. The van der Waals surface area contributed by atoms with Crippen LogP contribution in [-0.2, 0) is 6.18 Å². The lowest BCUT2D eigenvalue weighted by Crippen LogP contribution is -2.07. The van der Waals surface area contributed by atoms with E-state index in [9.17, 15) is 13.2 Å². The summed E-state index contributed by atoms with van der Waals surface area (Å²) in [4.78, 5) is 0. The zero-order valence-corrected chi connectivity index (χ0v) is 10.5. The van der Waals surface area contributed by atoms with Gasteiger partial charge in [-0.1, -0.05) is 6.07 Å². The highest BCUT2D eigenvalue weighted by Crippen LogP contribution is 2.30. The van der Waals surface area contributed by atoms with E-state index in [0.29, 0.717) is 12.2 Å². The molecule has 5 heteroatoms. The molecule has 1 aromatic carbocycles. The normalized spacial score (nSPS) is 11.5. The Labute approximate surface area is 104 Å². The van der Waals surface area contributed by atoms with Crippen LogP contribution in [0.3, 0.4) is 0 Å². The molecule has 0 bridgehead atoms. The van der Waals surface area contributed by atoms with Crippen LogP contribution in [0.2, 0.25) is 0 Å². The highest BCUT2D eigenvalue weighted by molar-refractivity contribution is 7.98. The van der Waals surface area contributed by atoms with Crippen molar-refractivity contribution >= 4 is 17.4 Å². The quantitative estimate of drug-likeness (QED) is 0.770. The summed E-state index contributed by atoms with van der Waals surface area (Å²) in [6.07, 6.45) is -0.180. The lowest BCUT2D eigenvalue weighted by molar-refractivity contribution is -0.137. The zero-order valence-electron chi connectivity index (χ0n) is 9.68. The molecule has 96 valence electrons. The smallest absolute Gasteiger partial charge is 0.385 e. The molecule has 17 heavy (non-hydrogen) atoms. The largest absolute Gasteiger partial charge is 0.416 e. The van der Waals surface area contributed by atoms with E-state index in [1.165, 1.54) is 6.07 Å². The van der Waals surface area contributed by atoms with E-state index in [1.807, 2.05) is 6.26 Å². The highest BCUT2D eigenvalue weighted by Gasteiger charge is 2.30. The number of rotatable bonds is 6. The maximum atomic E-state index is 12.4. The van der Waals surface area contributed by atoms with Crippen molar-refractivity contribution in [3.05, 3.63) is 29.8 Å². The van der Waals surface area contributed by atoms with Crippen molar-refractivity contribution in [3.63, 3.8) is 0 Å². The van der Waals surface area contributed by atoms with Gasteiger partial charge in [0.25, 0.3) is 0 Å². The summed E-state index contributed by atoms with van der Waals surface area (Å²) < 4.78 is 37.3. The van der Waals surface area contributed by atoms with Crippen LogP contribution in [0.15, 0.2) is 24.3 Å². The van der Waals surface area contributed by atoms with Gasteiger partial charge in [-0.3, -0.25) is 0 Å². The highest BCUT2D eigenvalue weighted by atomic mass is 32.2. The number of benzene rings is 1. The molecule has 0 unspecified atom stereocenters. The summed E-state index contributed by atoms with van der Waals surface area (Å²) in [6.45, 7) is 0.710. The van der Waals surface area contributed by atoms with Gasteiger partial charge in [-0.05, 0) is 43.0 Å². The summed E-state index contributed by atoms with van der Waals surface area (Å²) >= 11 is 1.78. The fraction of sp³-hybridized carbons (Fsp3) is 0.500. The molecule has 0 aliphatic rings. The first-order valence-electron chi connectivity index (χ1n) is 5.44. The Morgan fingerprint density at radius 2 is 2.00 bits per heavy atom. The van der Waals surface area contributed by atoms with E-state index in [1.54, 1.807) is 17.8 Å². The van der Waals surface area contributed by atoms with Gasteiger partial charge in [0, 0.05) is 12.2 Å². The fourth-order valence-electron chi connectivity index (χ4n) is 1.41. The summed E-state index contributed by atoms with van der Waals surface area (Å²) in [5.41, 5.74) is -0.0735. The number of unbranched alkanes of at least 4 members (excludes halogenated alkanes) is 1. The second kappa shape index (κ2) is 6.79. The Morgan fingerprint density at radius 3 is 2.65 bits per heavy atom. The number of alkyl halides is 3. The summed E-state index contributed by atoms with van der Waals surface area (Å²) in [7, 11) is 0. The Balaban J connectivity index is 2.44. The van der Waals surface area contributed by atoms with Crippen LogP contribution in [0.1, 0.15) is 18.4 Å². The number of hydrogen-bond donors (Lipinski definition) is 1. The van der Waals surface area contributed by atoms with Crippen molar-refractivity contribution in [2.75, 3.05) is 23.9 Å². The Kier molecular flexibility index (Phi) is 5.68. The van der Waals surface area contributed by atoms with E-state index in [2.05, 4.69) is 5.32 Å². The van der Waals surface area contributed by atoms with Gasteiger partial charge >= 0.3 is 6.18 Å². The third-order valence-corrected chi connectivity index (χ3v) is 2.99. The first kappa shape index (κ1) is 14.2. The molecule has 1 nitrogen and oxygen atoms in total. The van der Waals surface area contributed by atoms with Gasteiger partial charge in [-0.25, -0.2) is 0 Å². The fourth-order valence-corrected chi connectivity index (χ4v) is 1.90. The van der Waals surface area contributed by atoms with Gasteiger partial charge in [-0.15, -0.1) is 0 Å². The molecule has 0 heterocycles. The summed E-state index contributed by atoms with van der Waals surface area (Å²) in [6, 6.07) is 5.31. The molecule has 0 atom stereocenters. The van der Waals surface area contributed by atoms with Crippen molar-refractivity contribution in [2.45, 2.75) is 19.0 Å². The Hall–Kier alpha value is -0.840. The molecule has 0 radical (unpaired) electrons. The van der Waals surface area contributed by atoms with E-state index in [-0.39, 0.29) is 0 Å². The number of anilines is 1. The van der Waals surface area contributed by atoms with Crippen LogP contribution >= 0.6 is 11.8 Å². The van der Waals surface area contributed by atoms with Crippen LogP contribution in [0, 0.1) is 0 Å². The SMILES string of the molecule is CSCCCCNc1cccc(C(F)(F)F)c1. The standard InChI is InChI=1S/C12H16F3NS/c1-17-8-3-2-7-16-11-6-4-5-10(9-11)12(13,14)15/h4-6,9,16H,2-3,7-8H2,1H3. The minimum atomic E-state index is -4.27. The van der Waals surface area contributed by atoms with Gasteiger partial charge in [-0.2, -0.15) is 24.9 Å². The van der Waals surface area contributed by atoms with E-state index in [4.69, 9.17) is 0 Å². The molecule has 0 fully saturated rings. The van der Waals surface area contributed by atoms with Gasteiger partial charge in [0.05, 0.1) is 5.56 Å². The molecule has 1 aromatic rings. The van der Waals surface area contributed by atoms with Crippen LogP contribution in [0.5, 0.6) is 0 Å². The molecule has 1 rings (SSSR count). The lowest BCUT2D eigenvalue weighted by Gasteiger charge is -2.10. The zero-order chi connectivity index (χ0) is 12.7. The predicted molar refractivity (Wildman–Crippen MR) is 67.5 cm³/mol. The number of hydrogen-bond acceptors (Lipinski definition) is 2. The number of nitrogens with one attached hydrogen (secondary N) is 1. The van der Waals surface area contributed by atoms with Crippen LogP contribution in [0.4, 0.5) is 18.9 Å². The predicted octanol–water partition coefficient (Wildman–Crippen LogP) is 4.26. The third kappa shape index (κ3) is 5.35. The second-order valence-electron chi connectivity index (χ2n) is 3.71. The summed E-state index contributed by atoms with van der Waals surface area (Å²) in [5.74, 6) is 1.09. The summed E-state index contributed by atoms with van der Waals surface area (Å²) in [5, 5.41) is 3.01. The monoisotopic (exact) mass is 263 g/mol. The number of halogens is 3. The van der Waals surface area contributed by atoms with Crippen LogP contribution < -0.4 is 5.32 Å². The van der Waals surface area contributed by atoms with Crippen LogP contribution in [-0.4, -0.2) is 18.6 Å². The maximum Gasteiger partial charge on any atom is 0.416 e. The van der Waals surface area contributed by atoms with Crippen molar-refractivity contribution in [1.29, 1.82) is 0 Å². The molecule has 1 N–H and O–H groups in total. The first-order valence-corrected chi connectivity index (χ1v) is 6.83. The molecule has 0 spiro atoms. The minimum absolute atomic E-state index is 0.531. The van der Waals surface area contributed by atoms with Gasteiger partial charge in [0.2, 0.25) is 0 Å². The third-order valence-electron chi connectivity index (χ3n) is 2.29.